The highest BCUT2D eigenvalue weighted by molar-refractivity contribution is 8.18. The quantitative estimate of drug-likeness (QED) is 0.827. The Morgan fingerprint density at radius 3 is 2.39 bits per heavy atom. The van der Waals surface area contributed by atoms with Crippen molar-refractivity contribution in [2.75, 3.05) is 0 Å². The smallest absolute Gasteiger partial charge is 0.264 e. The summed E-state index contributed by atoms with van der Waals surface area (Å²) in [6, 6.07) is 14.2. The van der Waals surface area contributed by atoms with Gasteiger partial charge in [-0.1, -0.05) is 47.5 Å². The molecular weight excluding hydrogens is 304 g/mol. The van der Waals surface area contributed by atoms with Gasteiger partial charge in [-0.2, -0.15) is 0 Å². The third kappa shape index (κ3) is 3.71. The zero-order valence-electron chi connectivity index (χ0n) is 13.4. The van der Waals surface area contributed by atoms with Crippen LogP contribution in [0.4, 0.5) is 5.69 Å². The molecule has 0 saturated carbocycles. The normalized spacial score (nSPS) is 17.8. The van der Waals surface area contributed by atoms with E-state index in [9.17, 15) is 4.79 Å². The number of rotatable bonds is 2. The first-order valence-corrected chi connectivity index (χ1v) is 8.26. The van der Waals surface area contributed by atoms with Crippen molar-refractivity contribution in [1.29, 1.82) is 0 Å². The van der Waals surface area contributed by atoms with Crippen LogP contribution in [-0.2, 0) is 4.79 Å². The lowest BCUT2D eigenvalue weighted by molar-refractivity contribution is -0.115. The molecule has 2 aromatic carbocycles. The van der Waals surface area contributed by atoms with Crippen molar-refractivity contribution in [2.45, 2.75) is 20.8 Å². The van der Waals surface area contributed by atoms with Gasteiger partial charge < -0.3 is 5.32 Å². The fourth-order valence-corrected chi connectivity index (χ4v) is 3.17. The standard InChI is InChI=1S/C19H18N2OS/c1-12-4-7-15(8-5-12)11-17-18(22)21-19(23-17)20-16-9-6-13(2)10-14(16)3/h4-11H,1-3H3,(H,20,21,22)/b17-11-. The highest BCUT2D eigenvalue weighted by Gasteiger charge is 2.23. The molecule has 0 radical (unpaired) electrons. The Morgan fingerprint density at radius 2 is 1.70 bits per heavy atom. The fraction of sp³-hybridized carbons (Fsp3) is 0.158. The Balaban J connectivity index is 1.84. The summed E-state index contributed by atoms with van der Waals surface area (Å²) in [4.78, 5) is 17.3. The van der Waals surface area contributed by atoms with Crippen LogP contribution in [0.15, 0.2) is 52.4 Å². The lowest BCUT2D eigenvalue weighted by Gasteiger charge is -2.02. The van der Waals surface area contributed by atoms with Crippen molar-refractivity contribution in [3.63, 3.8) is 0 Å². The largest absolute Gasteiger partial charge is 0.300 e. The number of nitrogens with one attached hydrogen (secondary N) is 1. The molecule has 4 heteroatoms. The van der Waals surface area contributed by atoms with E-state index in [2.05, 4.69) is 23.3 Å². The molecule has 1 N–H and O–H groups in total. The molecule has 1 fully saturated rings. The fourth-order valence-electron chi connectivity index (χ4n) is 2.33. The second kappa shape index (κ2) is 6.42. The van der Waals surface area contributed by atoms with Crippen molar-refractivity contribution in [2.24, 2.45) is 4.99 Å². The molecule has 1 heterocycles. The molecule has 3 rings (SSSR count). The molecule has 1 aliphatic rings. The van der Waals surface area contributed by atoms with Crippen LogP contribution in [-0.4, -0.2) is 11.1 Å². The van der Waals surface area contributed by atoms with Crippen LogP contribution in [0.1, 0.15) is 22.3 Å². The Morgan fingerprint density at radius 1 is 1.00 bits per heavy atom. The molecule has 0 atom stereocenters. The molecule has 0 spiro atoms. The summed E-state index contributed by atoms with van der Waals surface area (Å²) in [5.41, 5.74) is 5.40. The summed E-state index contributed by atoms with van der Waals surface area (Å²) in [6.45, 7) is 6.12. The van der Waals surface area contributed by atoms with Gasteiger partial charge in [-0.15, -0.1) is 0 Å². The third-order valence-corrected chi connectivity index (χ3v) is 4.51. The van der Waals surface area contributed by atoms with E-state index in [0.29, 0.717) is 10.1 Å². The number of hydrogen-bond donors (Lipinski definition) is 1. The number of carbonyl (C=O) groups excluding carboxylic acids is 1. The summed E-state index contributed by atoms with van der Waals surface area (Å²) >= 11 is 1.38. The van der Waals surface area contributed by atoms with Crippen molar-refractivity contribution in [1.82, 2.24) is 5.32 Å². The predicted octanol–water partition coefficient (Wildman–Crippen LogP) is 4.50. The summed E-state index contributed by atoms with van der Waals surface area (Å²) in [5, 5.41) is 3.46. The maximum Gasteiger partial charge on any atom is 0.264 e. The zero-order chi connectivity index (χ0) is 16.4. The Hall–Kier alpha value is -2.33. The molecular formula is C19H18N2OS. The monoisotopic (exact) mass is 322 g/mol. The third-order valence-electron chi connectivity index (χ3n) is 3.60. The van der Waals surface area contributed by atoms with E-state index in [1.165, 1.54) is 22.9 Å². The molecule has 0 bridgehead atoms. The molecule has 2 aromatic rings. The topological polar surface area (TPSA) is 41.5 Å². The van der Waals surface area contributed by atoms with Crippen LogP contribution in [0.25, 0.3) is 6.08 Å². The molecule has 1 aliphatic heterocycles. The van der Waals surface area contributed by atoms with E-state index in [1.54, 1.807) is 0 Å². The molecule has 116 valence electrons. The van der Waals surface area contributed by atoms with E-state index in [0.717, 1.165) is 16.8 Å². The first-order valence-electron chi connectivity index (χ1n) is 7.45. The Bertz CT molecular complexity index is 820. The number of amidine groups is 1. The number of hydrogen-bond acceptors (Lipinski definition) is 3. The maximum absolute atomic E-state index is 12.1. The van der Waals surface area contributed by atoms with Gasteiger partial charge in [-0.25, -0.2) is 4.99 Å². The lowest BCUT2D eigenvalue weighted by Crippen LogP contribution is -2.19. The van der Waals surface area contributed by atoms with E-state index >= 15 is 0 Å². The van der Waals surface area contributed by atoms with Crippen LogP contribution in [0, 0.1) is 20.8 Å². The molecule has 23 heavy (non-hydrogen) atoms. The SMILES string of the molecule is Cc1ccc(/C=C2\SC(=Nc3ccc(C)cc3C)NC2=O)cc1. The second-order valence-corrected chi connectivity index (χ2v) is 6.71. The van der Waals surface area contributed by atoms with Gasteiger partial charge in [0.1, 0.15) is 0 Å². The zero-order valence-corrected chi connectivity index (χ0v) is 14.2. The number of aliphatic imine (C=N–C) groups is 1. The molecule has 3 nitrogen and oxygen atoms in total. The van der Waals surface area contributed by atoms with E-state index in [4.69, 9.17) is 0 Å². The van der Waals surface area contributed by atoms with Crippen molar-refractivity contribution < 1.29 is 4.79 Å². The van der Waals surface area contributed by atoms with Gasteiger partial charge >= 0.3 is 0 Å². The van der Waals surface area contributed by atoms with Gasteiger partial charge in [0, 0.05) is 0 Å². The van der Waals surface area contributed by atoms with E-state index in [1.807, 2.05) is 56.3 Å². The summed E-state index contributed by atoms with van der Waals surface area (Å²) in [5.74, 6) is -0.0981. The minimum absolute atomic E-state index is 0.0981. The van der Waals surface area contributed by atoms with Crippen molar-refractivity contribution >= 4 is 34.6 Å². The molecule has 1 amide bonds. The Labute approximate surface area is 140 Å². The predicted molar refractivity (Wildman–Crippen MR) is 97.9 cm³/mol. The molecule has 0 aliphatic carbocycles. The van der Waals surface area contributed by atoms with Gasteiger partial charge in [0.25, 0.3) is 5.91 Å². The number of aryl methyl sites for hydroxylation is 3. The molecule has 1 saturated heterocycles. The van der Waals surface area contributed by atoms with Crippen LogP contribution >= 0.6 is 11.8 Å². The summed E-state index contributed by atoms with van der Waals surface area (Å²) in [6.07, 6.45) is 1.89. The summed E-state index contributed by atoms with van der Waals surface area (Å²) in [7, 11) is 0. The van der Waals surface area contributed by atoms with Crippen molar-refractivity contribution in [3.05, 3.63) is 69.6 Å². The first-order chi connectivity index (χ1) is 11.0. The highest BCUT2D eigenvalue weighted by atomic mass is 32.2. The van der Waals surface area contributed by atoms with Gasteiger partial charge in [0.15, 0.2) is 5.17 Å². The minimum atomic E-state index is -0.0981. The molecule has 0 unspecified atom stereocenters. The van der Waals surface area contributed by atoms with Gasteiger partial charge in [-0.05, 0) is 55.8 Å². The van der Waals surface area contributed by atoms with Gasteiger partial charge in [-0.3, -0.25) is 4.79 Å². The van der Waals surface area contributed by atoms with E-state index < -0.39 is 0 Å². The van der Waals surface area contributed by atoms with Crippen molar-refractivity contribution in [3.8, 4) is 0 Å². The molecule has 0 aromatic heterocycles. The number of benzene rings is 2. The van der Waals surface area contributed by atoms with Crippen LogP contribution in [0.2, 0.25) is 0 Å². The number of nitrogens with zero attached hydrogens (tertiary/aromatic N) is 1. The average Bonchev–Trinajstić information content (AvgIpc) is 2.84. The van der Waals surface area contributed by atoms with E-state index in [-0.39, 0.29) is 5.91 Å². The summed E-state index contributed by atoms with van der Waals surface area (Å²) < 4.78 is 0. The maximum atomic E-state index is 12.1. The Kier molecular flexibility index (Phi) is 4.35. The number of amides is 1. The van der Waals surface area contributed by atoms with Gasteiger partial charge in [0.05, 0.1) is 10.6 Å². The number of carbonyl (C=O) groups is 1. The average molecular weight is 322 g/mol. The van der Waals surface area contributed by atoms with Crippen LogP contribution in [0.5, 0.6) is 0 Å². The van der Waals surface area contributed by atoms with Crippen LogP contribution in [0.3, 0.4) is 0 Å². The highest BCUT2D eigenvalue weighted by Crippen LogP contribution is 2.29. The van der Waals surface area contributed by atoms with Gasteiger partial charge in [0.2, 0.25) is 0 Å². The second-order valence-electron chi connectivity index (χ2n) is 5.68. The number of thioether (sulfide) groups is 1. The first kappa shape index (κ1) is 15.6. The van der Waals surface area contributed by atoms with Crippen LogP contribution < -0.4 is 5.32 Å². The lowest BCUT2D eigenvalue weighted by atomic mass is 10.1. The minimum Gasteiger partial charge on any atom is -0.300 e.